The van der Waals surface area contributed by atoms with Crippen LogP contribution < -0.4 is 0 Å². The summed E-state index contributed by atoms with van der Waals surface area (Å²) in [6, 6.07) is 1.73. The molecule has 2 heterocycles. The van der Waals surface area contributed by atoms with Crippen LogP contribution in [0.5, 0.6) is 0 Å². The SMILES string of the molecule is CCc1occc1C(=O)N1CCC(C)(O)CC1. The minimum absolute atomic E-state index is 0.0195. The van der Waals surface area contributed by atoms with Crippen LogP contribution >= 0.6 is 0 Å². The third-order valence-electron chi connectivity index (χ3n) is 3.42. The molecule has 4 heteroatoms. The molecule has 1 saturated heterocycles. The summed E-state index contributed by atoms with van der Waals surface area (Å²) in [5.74, 6) is 0.762. The largest absolute Gasteiger partial charge is 0.469 e. The molecule has 0 unspecified atom stereocenters. The first-order chi connectivity index (χ1) is 8.03. The van der Waals surface area contributed by atoms with E-state index in [9.17, 15) is 9.90 Å². The van der Waals surface area contributed by atoms with Crippen LogP contribution in [-0.4, -0.2) is 34.6 Å². The molecule has 1 aliphatic rings. The number of amides is 1. The van der Waals surface area contributed by atoms with E-state index in [1.807, 2.05) is 13.8 Å². The summed E-state index contributed by atoms with van der Waals surface area (Å²) in [4.78, 5) is 14.0. The van der Waals surface area contributed by atoms with Gasteiger partial charge in [0.05, 0.1) is 17.4 Å². The van der Waals surface area contributed by atoms with E-state index in [0.29, 0.717) is 31.5 Å². The number of carbonyl (C=O) groups is 1. The van der Waals surface area contributed by atoms with Crippen LogP contribution in [-0.2, 0) is 6.42 Å². The van der Waals surface area contributed by atoms with Gasteiger partial charge in [0.15, 0.2) is 0 Å². The van der Waals surface area contributed by atoms with Crippen LogP contribution in [0.3, 0.4) is 0 Å². The van der Waals surface area contributed by atoms with Gasteiger partial charge >= 0.3 is 0 Å². The fraction of sp³-hybridized carbons (Fsp3) is 0.615. The number of furan rings is 1. The van der Waals surface area contributed by atoms with E-state index in [1.165, 1.54) is 0 Å². The predicted octanol–water partition coefficient (Wildman–Crippen LogP) is 1.83. The highest BCUT2D eigenvalue weighted by atomic mass is 16.3. The average molecular weight is 237 g/mol. The van der Waals surface area contributed by atoms with Gasteiger partial charge in [0, 0.05) is 19.5 Å². The maximum absolute atomic E-state index is 12.2. The summed E-state index contributed by atoms with van der Waals surface area (Å²) in [5, 5.41) is 9.85. The molecule has 1 fully saturated rings. The summed E-state index contributed by atoms with van der Waals surface area (Å²) in [6.45, 7) is 5.01. The molecule has 0 atom stereocenters. The molecule has 1 N–H and O–H groups in total. The van der Waals surface area contributed by atoms with Crippen LogP contribution in [0.4, 0.5) is 0 Å². The zero-order valence-electron chi connectivity index (χ0n) is 10.4. The Morgan fingerprint density at radius 2 is 2.18 bits per heavy atom. The van der Waals surface area contributed by atoms with Gasteiger partial charge in [-0.05, 0) is 25.8 Å². The van der Waals surface area contributed by atoms with E-state index in [0.717, 1.165) is 12.2 Å². The van der Waals surface area contributed by atoms with E-state index in [4.69, 9.17) is 4.42 Å². The third-order valence-corrected chi connectivity index (χ3v) is 3.42. The van der Waals surface area contributed by atoms with Gasteiger partial charge in [-0.3, -0.25) is 4.79 Å². The minimum atomic E-state index is -0.624. The van der Waals surface area contributed by atoms with Crippen LogP contribution in [0.1, 0.15) is 42.8 Å². The molecule has 1 aliphatic heterocycles. The molecule has 4 nitrogen and oxygen atoms in total. The molecule has 1 amide bonds. The highest BCUT2D eigenvalue weighted by Gasteiger charge is 2.30. The van der Waals surface area contributed by atoms with Crippen LogP contribution in [0.25, 0.3) is 0 Å². The number of nitrogens with zero attached hydrogens (tertiary/aromatic N) is 1. The Morgan fingerprint density at radius 1 is 1.53 bits per heavy atom. The number of aryl methyl sites for hydroxylation is 1. The van der Waals surface area contributed by atoms with E-state index in [1.54, 1.807) is 17.2 Å². The molecule has 0 saturated carbocycles. The molecule has 1 aromatic heterocycles. The molecule has 0 spiro atoms. The molecule has 17 heavy (non-hydrogen) atoms. The molecule has 0 aromatic carbocycles. The molecule has 2 rings (SSSR count). The number of hydrogen-bond donors (Lipinski definition) is 1. The van der Waals surface area contributed by atoms with Crippen molar-refractivity contribution in [2.24, 2.45) is 0 Å². The van der Waals surface area contributed by atoms with Gasteiger partial charge in [-0.2, -0.15) is 0 Å². The average Bonchev–Trinajstić information content (AvgIpc) is 2.76. The number of piperidine rings is 1. The van der Waals surface area contributed by atoms with Crippen molar-refractivity contribution in [1.82, 2.24) is 4.90 Å². The first-order valence-corrected chi connectivity index (χ1v) is 6.11. The quantitative estimate of drug-likeness (QED) is 0.853. The van der Waals surface area contributed by atoms with Crippen molar-refractivity contribution in [1.29, 1.82) is 0 Å². The van der Waals surface area contributed by atoms with Gasteiger partial charge < -0.3 is 14.4 Å². The molecule has 94 valence electrons. The molecule has 1 aromatic rings. The normalized spacial score (nSPS) is 19.4. The van der Waals surface area contributed by atoms with Crippen molar-refractivity contribution in [2.45, 2.75) is 38.7 Å². The first-order valence-electron chi connectivity index (χ1n) is 6.11. The van der Waals surface area contributed by atoms with Crippen molar-refractivity contribution >= 4 is 5.91 Å². The number of hydrogen-bond acceptors (Lipinski definition) is 3. The smallest absolute Gasteiger partial charge is 0.257 e. The topological polar surface area (TPSA) is 53.7 Å². The van der Waals surface area contributed by atoms with Gasteiger partial charge in [-0.1, -0.05) is 6.92 Å². The van der Waals surface area contributed by atoms with E-state index < -0.39 is 5.60 Å². The van der Waals surface area contributed by atoms with Crippen molar-refractivity contribution < 1.29 is 14.3 Å². The number of likely N-dealkylation sites (tertiary alicyclic amines) is 1. The van der Waals surface area contributed by atoms with Crippen LogP contribution in [0.15, 0.2) is 16.7 Å². The fourth-order valence-corrected chi connectivity index (χ4v) is 2.17. The van der Waals surface area contributed by atoms with Crippen LogP contribution in [0.2, 0.25) is 0 Å². The fourth-order valence-electron chi connectivity index (χ4n) is 2.17. The molecule has 0 bridgehead atoms. The summed E-state index contributed by atoms with van der Waals surface area (Å²) in [7, 11) is 0. The number of rotatable bonds is 2. The maximum atomic E-state index is 12.2. The zero-order valence-corrected chi connectivity index (χ0v) is 10.4. The lowest BCUT2D eigenvalue weighted by molar-refractivity contribution is -0.00207. The van der Waals surface area contributed by atoms with Gasteiger partial charge in [0.2, 0.25) is 0 Å². The standard InChI is InChI=1S/C13H19NO3/c1-3-11-10(4-9-17-11)12(15)14-7-5-13(2,16)6-8-14/h4,9,16H,3,5-8H2,1-2H3. The molecular weight excluding hydrogens is 218 g/mol. The van der Waals surface area contributed by atoms with Crippen molar-refractivity contribution in [3.05, 3.63) is 23.7 Å². The van der Waals surface area contributed by atoms with Gasteiger partial charge in [-0.15, -0.1) is 0 Å². The predicted molar refractivity (Wildman–Crippen MR) is 63.8 cm³/mol. The summed E-state index contributed by atoms with van der Waals surface area (Å²) < 4.78 is 5.27. The zero-order chi connectivity index (χ0) is 12.5. The van der Waals surface area contributed by atoms with Crippen molar-refractivity contribution in [2.75, 3.05) is 13.1 Å². The van der Waals surface area contributed by atoms with Crippen molar-refractivity contribution in [3.63, 3.8) is 0 Å². The van der Waals surface area contributed by atoms with E-state index in [2.05, 4.69) is 0 Å². The second-order valence-electron chi connectivity index (χ2n) is 4.90. The highest BCUT2D eigenvalue weighted by Crippen LogP contribution is 2.23. The monoisotopic (exact) mass is 237 g/mol. The molecular formula is C13H19NO3. The first kappa shape index (κ1) is 12.2. The maximum Gasteiger partial charge on any atom is 0.257 e. The Balaban J connectivity index is 2.07. The minimum Gasteiger partial charge on any atom is -0.469 e. The molecule has 0 radical (unpaired) electrons. The highest BCUT2D eigenvalue weighted by molar-refractivity contribution is 5.95. The van der Waals surface area contributed by atoms with Crippen LogP contribution in [0, 0.1) is 0 Å². The Labute approximate surface area is 101 Å². The number of carbonyl (C=O) groups excluding carboxylic acids is 1. The lowest BCUT2D eigenvalue weighted by Crippen LogP contribution is -2.45. The number of aliphatic hydroxyl groups is 1. The van der Waals surface area contributed by atoms with Crippen molar-refractivity contribution in [3.8, 4) is 0 Å². The summed E-state index contributed by atoms with van der Waals surface area (Å²) >= 11 is 0. The summed E-state index contributed by atoms with van der Waals surface area (Å²) in [6.07, 6.45) is 3.56. The second kappa shape index (κ2) is 4.53. The Morgan fingerprint density at radius 3 is 2.76 bits per heavy atom. The van der Waals surface area contributed by atoms with E-state index in [-0.39, 0.29) is 5.91 Å². The summed E-state index contributed by atoms with van der Waals surface area (Å²) in [5.41, 5.74) is 0.0369. The second-order valence-corrected chi connectivity index (χ2v) is 4.90. The lowest BCUT2D eigenvalue weighted by atomic mass is 9.93. The van der Waals surface area contributed by atoms with E-state index >= 15 is 0 Å². The lowest BCUT2D eigenvalue weighted by Gasteiger charge is -2.35. The Kier molecular flexibility index (Phi) is 3.24. The van der Waals surface area contributed by atoms with Gasteiger partial charge in [0.1, 0.15) is 5.76 Å². The molecule has 0 aliphatic carbocycles. The Hall–Kier alpha value is -1.29. The van der Waals surface area contributed by atoms with Gasteiger partial charge in [0.25, 0.3) is 5.91 Å². The Bertz CT molecular complexity index is 399. The third kappa shape index (κ3) is 2.52. The van der Waals surface area contributed by atoms with Gasteiger partial charge in [-0.25, -0.2) is 0 Å².